The predicted octanol–water partition coefficient (Wildman–Crippen LogP) is 3.56. The lowest BCUT2D eigenvalue weighted by Crippen LogP contribution is -2.11. The highest BCUT2D eigenvalue weighted by molar-refractivity contribution is 7.09. The van der Waals surface area contributed by atoms with E-state index in [2.05, 4.69) is 35.2 Å². The molecule has 0 aliphatic carbocycles. The fourth-order valence-corrected chi connectivity index (χ4v) is 2.60. The maximum Gasteiger partial charge on any atom is 0.131 e. The van der Waals surface area contributed by atoms with Crippen LogP contribution in [0.5, 0.6) is 5.75 Å². The molecule has 20 heavy (non-hydrogen) atoms. The molecule has 4 heteroatoms. The van der Waals surface area contributed by atoms with E-state index in [0.29, 0.717) is 6.61 Å². The molecule has 0 spiro atoms. The van der Waals surface area contributed by atoms with Crippen LogP contribution >= 0.6 is 11.3 Å². The smallest absolute Gasteiger partial charge is 0.131 e. The largest absolute Gasteiger partial charge is 0.487 e. The molecule has 1 heterocycles. The lowest BCUT2D eigenvalue weighted by Gasteiger charge is -2.08. The third-order valence-electron chi connectivity index (χ3n) is 2.84. The first-order chi connectivity index (χ1) is 9.83. The molecular weight excluding hydrogens is 268 g/mol. The summed E-state index contributed by atoms with van der Waals surface area (Å²) >= 11 is 1.67. The van der Waals surface area contributed by atoms with Crippen LogP contribution in [0.15, 0.2) is 42.3 Å². The van der Waals surface area contributed by atoms with Gasteiger partial charge in [-0.25, -0.2) is 4.98 Å². The van der Waals surface area contributed by atoms with Crippen molar-refractivity contribution in [2.24, 2.45) is 0 Å². The van der Waals surface area contributed by atoms with E-state index in [-0.39, 0.29) is 0 Å². The molecule has 0 unspecified atom stereocenters. The molecule has 2 aromatic rings. The van der Waals surface area contributed by atoms with Gasteiger partial charge in [0.15, 0.2) is 0 Å². The highest BCUT2D eigenvalue weighted by atomic mass is 32.1. The SMILES string of the molecule is C=CCc1ccccc1OCc1csc(CNCC)n1. The van der Waals surface area contributed by atoms with Crippen molar-refractivity contribution in [3.63, 3.8) is 0 Å². The van der Waals surface area contributed by atoms with E-state index in [1.807, 2.05) is 24.3 Å². The Labute approximate surface area is 124 Å². The molecule has 1 aromatic carbocycles. The summed E-state index contributed by atoms with van der Waals surface area (Å²) in [6, 6.07) is 8.06. The van der Waals surface area contributed by atoms with E-state index >= 15 is 0 Å². The van der Waals surface area contributed by atoms with Crippen LogP contribution in [0.2, 0.25) is 0 Å². The minimum absolute atomic E-state index is 0.511. The molecule has 0 aliphatic rings. The topological polar surface area (TPSA) is 34.1 Å². The van der Waals surface area contributed by atoms with Gasteiger partial charge in [0.1, 0.15) is 17.4 Å². The molecule has 0 fully saturated rings. The fraction of sp³-hybridized carbons (Fsp3) is 0.312. The zero-order chi connectivity index (χ0) is 14.2. The van der Waals surface area contributed by atoms with Crippen molar-refractivity contribution in [3.05, 3.63) is 58.6 Å². The van der Waals surface area contributed by atoms with Crippen LogP contribution < -0.4 is 10.1 Å². The van der Waals surface area contributed by atoms with Gasteiger partial charge in [0.25, 0.3) is 0 Å². The first-order valence-corrected chi connectivity index (χ1v) is 7.67. The van der Waals surface area contributed by atoms with Gasteiger partial charge in [-0.15, -0.1) is 17.9 Å². The standard InChI is InChI=1S/C16H20N2OS/c1-3-7-13-8-5-6-9-15(13)19-11-14-12-20-16(18-14)10-17-4-2/h3,5-6,8-9,12,17H,1,4,7,10-11H2,2H3. The van der Waals surface area contributed by atoms with Gasteiger partial charge >= 0.3 is 0 Å². The maximum atomic E-state index is 5.87. The number of rotatable bonds is 8. The van der Waals surface area contributed by atoms with E-state index < -0.39 is 0 Å². The van der Waals surface area contributed by atoms with Crippen LogP contribution in [-0.4, -0.2) is 11.5 Å². The third kappa shape index (κ3) is 4.18. The van der Waals surface area contributed by atoms with E-state index in [1.165, 1.54) is 0 Å². The van der Waals surface area contributed by atoms with Crippen molar-refractivity contribution in [1.82, 2.24) is 10.3 Å². The number of nitrogens with zero attached hydrogens (tertiary/aromatic N) is 1. The molecular formula is C16H20N2OS. The summed E-state index contributed by atoms with van der Waals surface area (Å²) in [6.07, 6.45) is 2.71. The Morgan fingerprint density at radius 3 is 3.05 bits per heavy atom. The minimum Gasteiger partial charge on any atom is -0.487 e. The fourth-order valence-electron chi connectivity index (χ4n) is 1.85. The molecule has 1 aromatic heterocycles. The van der Waals surface area contributed by atoms with Crippen LogP contribution in [-0.2, 0) is 19.6 Å². The summed E-state index contributed by atoms with van der Waals surface area (Å²) in [5, 5.41) is 6.43. The molecule has 0 bridgehead atoms. The quantitative estimate of drug-likeness (QED) is 0.754. The van der Waals surface area contributed by atoms with Crippen molar-refractivity contribution in [2.45, 2.75) is 26.5 Å². The monoisotopic (exact) mass is 288 g/mol. The summed E-state index contributed by atoms with van der Waals surface area (Å²) < 4.78 is 5.87. The summed E-state index contributed by atoms with van der Waals surface area (Å²) in [5.74, 6) is 0.911. The van der Waals surface area contributed by atoms with Gasteiger partial charge in [-0.1, -0.05) is 31.2 Å². The van der Waals surface area contributed by atoms with Gasteiger partial charge in [0.05, 0.1) is 5.69 Å². The summed E-state index contributed by atoms with van der Waals surface area (Å²) in [4.78, 5) is 4.55. The second-order valence-corrected chi connectivity index (χ2v) is 5.34. The molecule has 0 amide bonds. The van der Waals surface area contributed by atoms with Crippen LogP contribution in [0, 0.1) is 0 Å². The Morgan fingerprint density at radius 2 is 2.25 bits per heavy atom. The van der Waals surface area contributed by atoms with E-state index in [9.17, 15) is 0 Å². The van der Waals surface area contributed by atoms with Gasteiger partial charge in [0.2, 0.25) is 0 Å². The molecule has 106 valence electrons. The number of allylic oxidation sites excluding steroid dienone is 1. The maximum absolute atomic E-state index is 5.87. The number of aromatic nitrogens is 1. The van der Waals surface area contributed by atoms with Crippen molar-refractivity contribution in [3.8, 4) is 5.75 Å². The number of para-hydroxylation sites is 1. The van der Waals surface area contributed by atoms with Gasteiger partial charge in [0, 0.05) is 11.9 Å². The van der Waals surface area contributed by atoms with Gasteiger partial charge < -0.3 is 10.1 Å². The van der Waals surface area contributed by atoms with Crippen molar-refractivity contribution in [2.75, 3.05) is 6.54 Å². The molecule has 0 radical (unpaired) electrons. The lowest BCUT2D eigenvalue weighted by molar-refractivity contribution is 0.299. The van der Waals surface area contributed by atoms with Crippen LogP contribution in [0.4, 0.5) is 0 Å². The second kappa shape index (κ2) is 7.82. The number of thiazole rings is 1. The summed E-state index contributed by atoms with van der Waals surface area (Å²) in [7, 11) is 0. The Bertz CT molecular complexity index is 551. The molecule has 3 nitrogen and oxygen atoms in total. The molecule has 0 aliphatic heterocycles. The number of hydrogen-bond donors (Lipinski definition) is 1. The zero-order valence-electron chi connectivity index (χ0n) is 11.8. The first kappa shape index (κ1) is 14.8. The predicted molar refractivity (Wildman–Crippen MR) is 84.2 cm³/mol. The highest BCUT2D eigenvalue weighted by Crippen LogP contribution is 2.20. The summed E-state index contributed by atoms with van der Waals surface area (Å²) in [6.45, 7) is 8.16. The highest BCUT2D eigenvalue weighted by Gasteiger charge is 2.05. The zero-order valence-corrected chi connectivity index (χ0v) is 12.6. The normalized spacial score (nSPS) is 10.4. The first-order valence-electron chi connectivity index (χ1n) is 6.79. The Hall–Kier alpha value is -1.65. The van der Waals surface area contributed by atoms with E-state index in [4.69, 9.17) is 4.74 Å². The van der Waals surface area contributed by atoms with Crippen molar-refractivity contribution in [1.29, 1.82) is 0 Å². The third-order valence-corrected chi connectivity index (χ3v) is 3.74. The van der Waals surface area contributed by atoms with Crippen LogP contribution in [0.1, 0.15) is 23.2 Å². The van der Waals surface area contributed by atoms with Gasteiger partial charge in [-0.2, -0.15) is 0 Å². The minimum atomic E-state index is 0.511. The van der Waals surface area contributed by atoms with E-state index in [1.54, 1.807) is 11.3 Å². The Kier molecular flexibility index (Phi) is 5.77. The molecule has 1 N–H and O–H groups in total. The average molecular weight is 288 g/mol. The van der Waals surface area contributed by atoms with E-state index in [0.717, 1.165) is 41.5 Å². The average Bonchev–Trinajstić information content (AvgIpc) is 2.92. The number of benzene rings is 1. The second-order valence-electron chi connectivity index (χ2n) is 4.40. The number of ether oxygens (including phenoxy) is 1. The van der Waals surface area contributed by atoms with Crippen LogP contribution in [0.25, 0.3) is 0 Å². The number of hydrogen-bond acceptors (Lipinski definition) is 4. The van der Waals surface area contributed by atoms with Gasteiger partial charge in [-0.3, -0.25) is 0 Å². The molecule has 0 atom stereocenters. The Morgan fingerprint density at radius 1 is 1.40 bits per heavy atom. The Balaban J connectivity index is 1.94. The van der Waals surface area contributed by atoms with Gasteiger partial charge in [-0.05, 0) is 24.6 Å². The molecule has 2 rings (SSSR count). The van der Waals surface area contributed by atoms with Crippen molar-refractivity contribution >= 4 is 11.3 Å². The van der Waals surface area contributed by atoms with Crippen LogP contribution in [0.3, 0.4) is 0 Å². The molecule has 0 saturated heterocycles. The number of nitrogens with one attached hydrogen (secondary N) is 1. The van der Waals surface area contributed by atoms with Crippen molar-refractivity contribution < 1.29 is 4.74 Å². The lowest BCUT2D eigenvalue weighted by atomic mass is 10.1. The molecule has 0 saturated carbocycles. The summed E-state index contributed by atoms with van der Waals surface area (Å²) in [5.41, 5.74) is 2.14.